The van der Waals surface area contributed by atoms with Gasteiger partial charge in [0.2, 0.25) is 0 Å². The number of alkyl halides is 3. The highest BCUT2D eigenvalue weighted by Gasteiger charge is 2.29. The minimum absolute atomic E-state index is 0.514. The zero-order valence-electron chi connectivity index (χ0n) is 7.78. The second-order valence-electron chi connectivity index (χ2n) is 3.02. The Morgan fingerprint density at radius 1 is 1.00 bits per heavy atom. The van der Waals surface area contributed by atoms with E-state index in [0.717, 1.165) is 12.1 Å². The number of hydrogen-bond acceptors (Lipinski definition) is 0. The molecule has 0 spiro atoms. The lowest BCUT2D eigenvalue weighted by atomic mass is 10.0. The Labute approximate surface area is 87.2 Å². The summed E-state index contributed by atoms with van der Waals surface area (Å²) in [6.07, 6.45) is -8.64. The third-order valence-corrected chi connectivity index (χ3v) is 1.81. The lowest BCUT2D eigenvalue weighted by molar-refractivity contribution is -0.127. The number of halogens is 6. The van der Waals surface area contributed by atoms with Crippen LogP contribution in [0.2, 0.25) is 0 Å². The van der Waals surface area contributed by atoms with E-state index >= 15 is 0 Å². The molecule has 0 aromatic heterocycles. The summed E-state index contributed by atoms with van der Waals surface area (Å²) in [6, 6.07) is 4.27. The molecule has 1 rings (SSSR count). The van der Waals surface area contributed by atoms with E-state index < -0.39 is 35.6 Å². The molecule has 0 saturated carbocycles. The van der Waals surface area contributed by atoms with Crippen LogP contribution in [0.4, 0.5) is 26.3 Å². The summed E-state index contributed by atoms with van der Waals surface area (Å²) >= 11 is 0. The Kier molecular flexibility index (Phi) is 3.62. The van der Waals surface area contributed by atoms with Gasteiger partial charge in [-0.3, -0.25) is 0 Å². The van der Waals surface area contributed by atoms with Gasteiger partial charge >= 0.3 is 12.3 Å². The highest BCUT2D eigenvalue weighted by atomic mass is 19.4. The van der Waals surface area contributed by atoms with Crippen LogP contribution >= 0.6 is 0 Å². The van der Waals surface area contributed by atoms with Gasteiger partial charge in [0.15, 0.2) is 5.83 Å². The van der Waals surface area contributed by atoms with Crippen molar-refractivity contribution in [3.63, 3.8) is 0 Å². The summed E-state index contributed by atoms with van der Waals surface area (Å²) in [6.45, 7) is 0. The van der Waals surface area contributed by atoms with Gasteiger partial charge in [-0.1, -0.05) is 24.3 Å². The average molecular weight is 240 g/mol. The Hall–Kier alpha value is -1.46. The molecule has 16 heavy (non-hydrogen) atoms. The molecule has 0 radical (unpaired) electrons. The van der Waals surface area contributed by atoms with Crippen molar-refractivity contribution in [1.29, 1.82) is 0 Å². The predicted molar refractivity (Wildman–Crippen MR) is 46.4 cm³/mol. The van der Waals surface area contributed by atoms with E-state index in [4.69, 9.17) is 0 Å². The SMILES string of the molecule is FC(F)=C(F)c1ccccc1CC(F)(F)F. The van der Waals surface area contributed by atoms with Crippen LogP contribution in [0.1, 0.15) is 11.1 Å². The van der Waals surface area contributed by atoms with Gasteiger partial charge in [-0.05, 0) is 5.56 Å². The van der Waals surface area contributed by atoms with Crippen molar-refractivity contribution < 1.29 is 26.3 Å². The monoisotopic (exact) mass is 240 g/mol. The second kappa shape index (κ2) is 4.59. The molecule has 0 unspecified atom stereocenters. The summed E-state index contributed by atoms with van der Waals surface area (Å²) in [7, 11) is 0. The molecule has 0 N–H and O–H groups in total. The van der Waals surface area contributed by atoms with E-state index in [9.17, 15) is 26.3 Å². The maximum absolute atomic E-state index is 12.9. The fourth-order valence-electron chi connectivity index (χ4n) is 1.21. The van der Waals surface area contributed by atoms with Crippen LogP contribution in [-0.2, 0) is 6.42 Å². The van der Waals surface area contributed by atoms with Crippen molar-refractivity contribution in [3.05, 3.63) is 41.5 Å². The lowest BCUT2D eigenvalue weighted by Gasteiger charge is -2.09. The topological polar surface area (TPSA) is 0 Å². The van der Waals surface area contributed by atoms with E-state index in [0.29, 0.717) is 0 Å². The summed E-state index contributed by atoms with van der Waals surface area (Å²) in [5.41, 5.74) is -1.24. The molecule has 1 aromatic carbocycles. The first-order chi connectivity index (χ1) is 7.31. The number of hydrogen-bond donors (Lipinski definition) is 0. The van der Waals surface area contributed by atoms with Crippen LogP contribution in [0.25, 0.3) is 5.83 Å². The van der Waals surface area contributed by atoms with E-state index in [1.807, 2.05) is 0 Å². The van der Waals surface area contributed by atoms with Crippen molar-refractivity contribution in [2.75, 3.05) is 0 Å². The van der Waals surface area contributed by atoms with Crippen LogP contribution in [0.5, 0.6) is 0 Å². The Morgan fingerprint density at radius 3 is 2.06 bits per heavy atom. The minimum Gasteiger partial charge on any atom is -0.200 e. The molecule has 0 saturated heterocycles. The van der Waals surface area contributed by atoms with E-state index in [1.54, 1.807) is 0 Å². The highest BCUT2D eigenvalue weighted by molar-refractivity contribution is 5.63. The lowest BCUT2D eigenvalue weighted by Crippen LogP contribution is -2.12. The molecular weight excluding hydrogens is 234 g/mol. The fraction of sp³-hybridized carbons (Fsp3) is 0.200. The molecule has 88 valence electrons. The van der Waals surface area contributed by atoms with Gasteiger partial charge in [-0.2, -0.15) is 22.0 Å². The van der Waals surface area contributed by atoms with Gasteiger partial charge in [-0.25, -0.2) is 4.39 Å². The first-order valence-electron chi connectivity index (χ1n) is 4.17. The largest absolute Gasteiger partial charge is 0.393 e. The van der Waals surface area contributed by atoms with Crippen LogP contribution < -0.4 is 0 Å². The van der Waals surface area contributed by atoms with Gasteiger partial charge in [0.25, 0.3) is 0 Å². The molecule has 0 bridgehead atoms. The maximum atomic E-state index is 12.9. The molecule has 0 heterocycles. The number of benzene rings is 1. The van der Waals surface area contributed by atoms with Crippen molar-refractivity contribution >= 4 is 5.83 Å². The molecule has 0 amide bonds. The third kappa shape index (κ3) is 3.29. The molecule has 0 nitrogen and oxygen atoms in total. The van der Waals surface area contributed by atoms with Crippen molar-refractivity contribution in [3.8, 4) is 0 Å². The molecular formula is C10H6F6. The van der Waals surface area contributed by atoms with Gasteiger partial charge in [0, 0.05) is 5.56 Å². The zero-order valence-corrected chi connectivity index (χ0v) is 7.78. The summed E-state index contributed by atoms with van der Waals surface area (Å²) in [5, 5.41) is 0. The Bertz CT molecular complexity index is 400. The summed E-state index contributed by atoms with van der Waals surface area (Å²) in [4.78, 5) is 0. The minimum atomic E-state index is -4.57. The normalized spacial score (nSPS) is 11.4. The Morgan fingerprint density at radius 2 is 1.56 bits per heavy atom. The zero-order chi connectivity index (χ0) is 12.3. The van der Waals surface area contributed by atoms with E-state index in [2.05, 4.69) is 0 Å². The predicted octanol–water partition coefficient (Wildman–Crippen LogP) is 4.33. The summed E-state index contributed by atoms with van der Waals surface area (Å²) < 4.78 is 72.9. The first-order valence-corrected chi connectivity index (χ1v) is 4.17. The van der Waals surface area contributed by atoms with Gasteiger partial charge in [0.05, 0.1) is 6.42 Å². The van der Waals surface area contributed by atoms with Gasteiger partial charge in [-0.15, -0.1) is 0 Å². The van der Waals surface area contributed by atoms with Crippen LogP contribution in [0.15, 0.2) is 30.3 Å². The average Bonchev–Trinajstić information content (AvgIpc) is 2.15. The molecule has 0 aliphatic carbocycles. The quantitative estimate of drug-likeness (QED) is 0.675. The van der Waals surface area contributed by atoms with Crippen molar-refractivity contribution in [1.82, 2.24) is 0 Å². The number of rotatable bonds is 2. The van der Waals surface area contributed by atoms with E-state index in [-0.39, 0.29) is 0 Å². The van der Waals surface area contributed by atoms with Gasteiger partial charge < -0.3 is 0 Å². The third-order valence-electron chi connectivity index (χ3n) is 1.81. The van der Waals surface area contributed by atoms with Crippen LogP contribution in [-0.4, -0.2) is 6.18 Å². The van der Waals surface area contributed by atoms with Crippen LogP contribution in [0, 0.1) is 0 Å². The molecule has 0 aliphatic heterocycles. The van der Waals surface area contributed by atoms with Crippen molar-refractivity contribution in [2.45, 2.75) is 12.6 Å². The standard InChI is InChI=1S/C10H6F6/c11-8(9(12)13)7-4-2-1-3-6(7)5-10(14,15)16/h1-4H,5H2. The highest BCUT2D eigenvalue weighted by Crippen LogP contribution is 2.29. The van der Waals surface area contributed by atoms with E-state index in [1.165, 1.54) is 12.1 Å². The Balaban J connectivity index is 3.16. The van der Waals surface area contributed by atoms with Gasteiger partial charge in [0.1, 0.15) is 0 Å². The molecule has 0 aliphatic rings. The fourth-order valence-corrected chi connectivity index (χ4v) is 1.21. The maximum Gasteiger partial charge on any atom is 0.393 e. The van der Waals surface area contributed by atoms with Crippen molar-refractivity contribution in [2.24, 2.45) is 0 Å². The van der Waals surface area contributed by atoms with Crippen LogP contribution in [0.3, 0.4) is 0 Å². The second-order valence-corrected chi connectivity index (χ2v) is 3.02. The summed E-state index contributed by atoms with van der Waals surface area (Å²) in [5.74, 6) is -1.92. The first kappa shape index (κ1) is 12.6. The molecule has 1 aromatic rings. The smallest absolute Gasteiger partial charge is 0.200 e. The molecule has 6 heteroatoms. The molecule has 0 fully saturated rings. The molecule has 0 atom stereocenters.